The number of carbonyl (C=O) groups is 1. The topological polar surface area (TPSA) is 98.5 Å². The second-order valence-corrected chi connectivity index (χ2v) is 8.50. The van der Waals surface area contributed by atoms with E-state index >= 15 is 0 Å². The van der Waals surface area contributed by atoms with E-state index in [4.69, 9.17) is 9.88 Å². The van der Waals surface area contributed by atoms with Crippen LogP contribution in [0.2, 0.25) is 0 Å². The van der Waals surface area contributed by atoms with Crippen LogP contribution in [0.15, 0.2) is 53.4 Å². The average Bonchev–Trinajstić information content (AvgIpc) is 3.16. The van der Waals surface area contributed by atoms with E-state index in [0.29, 0.717) is 12.3 Å². The third kappa shape index (κ3) is 4.14. The molecule has 3 rings (SSSR count). The smallest absolute Gasteiger partial charge is 0.255 e. The number of amides is 1. The summed E-state index contributed by atoms with van der Waals surface area (Å²) in [5, 5.41) is 8.17. The van der Waals surface area contributed by atoms with E-state index in [-0.39, 0.29) is 21.8 Å². The number of hydrogen-bond acceptors (Lipinski definition) is 4. The first kappa shape index (κ1) is 19.4. The van der Waals surface area contributed by atoms with Gasteiger partial charge in [-0.05, 0) is 36.6 Å². The van der Waals surface area contributed by atoms with Gasteiger partial charge in [-0.15, -0.1) is 0 Å². The fraction of sp³-hybridized carbons (Fsp3) is 0.350. The highest BCUT2D eigenvalue weighted by atomic mass is 32.2. The van der Waals surface area contributed by atoms with Gasteiger partial charge in [0.1, 0.15) is 5.75 Å². The van der Waals surface area contributed by atoms with Crippen molar-refractivity contribution in [3.8, 4) is 5.75 Å². The summed E-state index contributed by atoms with van der Waals surface area (Å²) in [4.78, 5) is 12.7. The highest BCUT2D eigenvalue weighted by molar-refractivity contribution is 7.89. The zero-order chi connectivity index (χ0) is 19.5. The van der Waals surface area contributed by atoms with Crippen LogP contribution in [-0.4, -0.2) is 28.0 Å². The Balaban J connectivity index is 1.85. The number of carbonyl (C=O) groups excluding carboxylic acids is 1. The maximum atomic E-state index is 12.8. The Hall–Kier alpha value is -2.38. The monoisotopic (exact) mass is 388 g/mol. The average molecular weight is 388 g/mol. The van der Waals surface area contributed by atoms with Crippen molar-refractivity contribution < 1.29 is 17.9 Å². The number of hydrogen-bond donors (Lipinski definition) is 2. The molecule has 0 heterocycles. The molecule has 0 aliphatic heterocycles. The van der Waals surface area contributed by atoms with Gasteiger partial charge in [-0.25, -0.2) is 13.6 Å². The van der Waals surface area contributed by atoms with Crippen LogP contribution in [0.4, 0.5) is 0 Å². The van der Waals surface area contributed by atoms with Crippen molar-refractivity contribution >= 4 is 15.9 Å². The lowest BCUT2D eigenvalue weighted by atomic mass is 9.79. The second-order valence-electron chi connectivity index (χ2n) is 6.94. The Morgan fingerprint density at radius 1 is 1.15 bits per heavy atom. The van der Waals surface area contributed by atoms with Crippen LogP contribution in [0.1, 0.15) is 41.6 Å². The maximum absolute atomic E-state index is 12.8. The lowest BCUT2D eigenvalue weighted by Gasteiger charge is -2.30. The molecule has 0 atom stereocenters. The third-order valence-corrected chi connectivity index (χ3v) is 6.19. The number of sulfonamides is 1. The number of methoxy groups -OCH3 is 1. The summed E-state index contributed by atoms with van der Waals surface area (Å²) >= 11 is 0. The van der Waals surface area contributed by atoms with Crippen LogP contribution in [-0.2, 0) is 15.4 Å². The van der Waals surface area contributed by atoms with Crippen molar-refractivity contribution in [3.63, 3.8) is 0 Å². The highest BCUT2D eigenvalue weighted by Crippen LogP contribution is 2.40. The van der Waals surface area contributed by atoms with E-state index in [2.05, 4.69) is 17.4 Å². The predicted molar refractivity (Wildman–Crippen MR) is 103 cm³/mol. The number of nitrogens with one attached hydrogen (secondary N) is 1. The molecular weight excluding hydrogens is 364 g/mol. The molecular formula is C20H24N2O4S. The van der Waals surface area contributed by atoms with Crippen LogP contribution >= 0.6 is 0 Å². The Morgan fingerprint density at radius 3 is 2.41 bits per heavy atom. The first-order chi connectivity index (χ1) is 12.9. The Bertz CT molecular complexity index is 920. The van der Waals surface area contributed by atoms with E-state index in [9.17, 15) is 13.2 Å². The van der Waals surface area contributed by atoms with E-state index in [1.807, 2.05) is 18.2 Å². The molecule has 6 nitrogen and oxygen atoms in total. The largest absolute Gasteiger partial charge is 0.496 e. The first-order valence-corrected chi connectivity index (χ1v) is 10.4. The summed E-state index contributed by atoms with van der Waals surface area (Å²) in [5.41, 5.74) is 1.28. The molecule has 0 saturated heterocycles. The predicted octanol–water partition coefficient (Wildman–Crippen LogP) is 2.58. The Kier molecular flexibility index (Phi) is 5.53. The van der Waals surface area contributed by atoms with E-state index in [1.165, 1.54) is 30.9 Å². The van der Waals surface area contributed by atoms with Gasteiger partial charge >= 0.3 is 0 Å². The maximum Gasteiger partial charge on any atom is 0.255 e. The summed E-state index contributed by atoms with van der Waals surface area (Å²) in [6, 6.07) is 14.2. The van der Waals surface area contributed by atoms with Crippen molar-refractivity contribution in [2.45, 2.75) is 36.0 Å². The van der Waals surface area contributed by atoms with Crippen LogP contribution in [0, 0.1) is 0 Å². The molecule has 2 aromatic carbocycles. The van der Waals surface area contributed by atoms with Crippen molar-refractivity contribution in [2.75, 3.05) is 13.7 Å². The van der Waals surface area contributed by atoms with Gasteiger partial charge in [0.25, 0.3) is 5.91 Å². The second kappa shape index (κ2) is 7.70. The zero-order valence-electron chi connectivity index (χ0n) is 15.3. The summed E-state index contributed by atoms with van der Waals surface area (Å²) in [6.45, 7) is 0.485. The van der Waals surface area contributed by atoms with E-state index in [0.717, 1.165) is 25.7 Å². The van der Waals surface area contributed by atoms with Gasteiger partial charge in [0, 0.05) is 12.0 Å². The van der Waals surface area contributed by atoms with Crippen molar-refractivity contribution in [2.24, 2.45) is 5.14 Å². The molecule has 0 spiro atoms. The molecule has 0 aromatic heterocycles. The van der Waals surface area contributed by atoms with Crippen LogP contribution < -0.4 is 15.2 Å². The quantitative estimate of drug-likeness (QED) is 0.794. The van der Waals surface area contributed by atoms with Gasteiger partial charge in [-0.1, -0.05) is 43.2 Å². The van der Waals surface area contributed by atoms with Crippen molar-refractivity contribution in [3.05, 3.63) is 59.7 Å². The number of ether oxygens (including phenoxy) is 1. The van der Waals surface area contributed by atoms with Gasteiger partial charge in [-0.3, -0.25) is 4.79 Å². The minimum absolute atomic E-state index is 0.0955. The van der Waals surface area contributed by atoms with Crippen molar-refractivity contribution in [1.29, 1.82) is 0 Å². The van der Waals surface area contributed by atoms with Crippen molar-refractivity contribution in [1.82, 2.24) is 5.32 Å². The Labute approximate surface area is 159 Å². The molecule has 1 saturated carbocycles. The molecule has 144 valence electrons. The van der Waals surface area contributed by atoms with E-state index < -0.39 is 10.0 Å². The summed E-state index contributed by atoms with van der Waals surface area (Å²) in [7, 11) is -2.47. The SMILES string of the molecule is COc1ccc(S(N)(=O)=O)cc1C(=O)NCC1(c2ccccc2)CCCC1. The van der Waals surface area contributed by atoms with Gasteiger partial charge < -0.3 is 10.1 Å². The first-order valence-electron chi connectivity index (χ1n) is 8.90. The minimum atomic E-state index is -3.91. The normalized spacial score (nSPS) is 16.1. The summed E-state index contributed by atoms with van der Waals surface area (Å²) < 4.78 is 28.5. The minimum Gasteiger partial charge on any atom is -0.496 e. The molecule has 2 aromatic rings. The number of nitrogens with two attached hydrogens (primary N) is 1. The van der Waals surface area contributed by atoms with Gasteiger partial charge in [0.15, 0.2) is 0 Å². The number of benzene rings is 2. The molecule has 7 heteroatoms. The standard InChI is InChI=1S/C20H24N2O4S/c1-26-18-10-9-16(27(21,24)25)13-17(18)19(23)22-14-20(11-5-6-12-20)15-7-3-2-4-8-15/h2-4,7-10,13H,5-6,11-12,14H2,1H3,(H,22,23)(H2,21,24,25). The van der Waals surface area contributed by atoms with Crippen LogP contribution in [0.3, 0.4) is 0 Å². The van der Waals surface area contributed by atoms with Gasteiger partial charge in [-0.2, -0.15) is 0 Å². The molecule has 0 radical (unpaired) electrons. The number of rotatable bonds is 6. The molecule has 1 fully saturated rings. The summed E-state index contributed by atoms with van der Waals surface area (Å²) in [6.07, 6.45) is 4.25. The lowest BCUT2D eigenvalue weighted by molar-refractivity contribution is 0.0940. The summed E-state index contributed by atoms with van der Waals surface area (Å²) in [5.74, 6) is -0.0698. The molecule has 0 unspecified atom stereocenters. The highest BCUT2D eigenvalue weighted by Gasteiger charge is 2.36. The fourth-order valence-corrected chi connectivity index (χ4v) is 4.34. The number of primary sulfonamides is 1. The molecule has 3 N–H and O–H groups in total. The molecule has 1 amide bonds. The van der Waals surface area contributed by atoms with Crippen LogP contribution in [0.25, 0.3) is 0 Å². The van der Waals surface area contributed by atoms with Gasteiger partial charge in [0.2, 0.25) is 10.0 Å². The van der Waals surface area contributed by atoms with Crippen LogP contribution in [0.5, 0.6) is 5.75 Å². The molecule has 1 aliphatic carbocycles. The third-order valence-electron chi connectivity index (χ3n) is 5.28. The zero-order valence-corrected chi connectivity index (χ0v) is 16.1. The Morgan fingerprint density at radius 2 is 1.81 bits per heavy atom. The van der Waals surface area contributed by atoms with Gasteiger partial charge in [0.05, 0.1) is 17.6 Å². The molecule has 0 bridgehead atoms. The molecule has 1 aliphatic rings. The lowest BCUT2D eigenvalue weighted by Crippen LogP contribution is -2.39. The molecule has 27 heavy (non-hydrogen) atoms. The van der Waals surface area contributed by atoms with E-state index in [1.54, 1.807) is 0 Å². The fourth-order valence-electron chi connectivity index (χ4n) is 3.80.